The van der Waals surface area contributed by atoms with Gasteiger partial charge in [-0.05, 0) is 35.4 Å². The van der Waals surface area contributed by atoms with Gasteiger partial charge in [-0.1, -0.05) is 13.8 Å². The van der Waals surface area contributed by atoms with E-state index in [1.54, 1.807) is 17.4 Å². The zero-order chi connectivity index (χ0) is 15.5. The van der Waals surface area contributed by atoms with Crippen LogP contribution in [-0.2, 0) is 16.6 Å². The van der Waals surface area contributed by atoms with Gasteiger partial charge in [0.15, 0.2) is 0 Å². The lowest BCUT2D eigenvalue weighted by Crippen LogP contribution is -2.26. The number of H-pyrrole nitrogens is 1. The highest BCUT2D eigenvalue weighted by Gasteiger charge is 2.20. The van der Waals surface area contributed by atoms with Crippen molar-refractivity contribution in [1.82, 2.24) is 15.0 Å². The number of thiophene rings is 1. The molecular formula is C14H21N3O2S2. The number of aromatic nitrogens is 1. The molecule has 0 radical (unpaired) electrons. The van der Waals surface area contributed by atoms with Gasteiger partial charge in [0.1, 0.15) is 0 Å². The van der Waals surface area contributed by atoms with E-state index in [4.69, 9.17) is 0 Å². The van der Waals surface area contributed by atoms with Crippen molar-refractivity contribution in [2.75, 3.05) is 0 Å². The van der Waals surface area contributed by atoms with Gasteiger partial charge in [-0.2, -0.15) is 11.3 Å². The summed E-state index contributed by atoms with van der Waals surface area (Å²) in [6.07, 6.45) is 1.53. The zero-order valence-corrected chi connectivity index (χ0v) is 14.0. The first-order valence-corrected chi connectivity index (χ1v) is 9.26. The van der Waals surface area contributed by atoms with Crippen molar-refractivity contribution in [2.45, 2.75) is 44.3 Å². The molecule has 1 atom stereocenters. The van der Waals surface area contributed by atoms with Crippen LogP contribution >= 0.6 is 11.3 Å². The smallest absolute Gasteiger partial charge is 0.242 e. The molecule has 21 heavy (non-hydrogen) atoms. The Balaban J connectivity index is 2.05. The number of hydrogen-bond acceptors (Lipinski definition) is 4. The van der Waals surface area contributed by atoms with Gasteiger partial charge in [0.05, 0.1) is 4.90 Å². The Kier molecular flexibility index (Phi) is 5.21. The Hall–Kier alpha value is -1.15. The summed E-state index contributed by atoms with van der Waals surface area (Å²) in [5.74, 6) is 0. The molecule has 0 saturated carbocycles. The zero-order valence-electron chi connectivity index (χ0n) is 12.4. The molecule has 2 aromatic rings. The first-order valence-electron chi connectivity index (χ1n) is 6.83. The average molecular weight is 327 g/mol. The molecule has 7 heteroatoms. The second-order valence-electron chi connectivity index (χ2n) is 5.30. The predicted octanol–water partition coefficient (Wildman–Crippen LogP) is 2.61. The van der Waals surface area contributed by atoms with E-state index in [2.05, 4.69) is 15.0 Å². The fourth-order valence-corrected chi connectivity index (χ4v) is 3.88. The summed E-state index contributed by atoms with van der Waals surface area (Å²) >= 11 is 1.55. The molecule has 0 spiro atoms. The van der Waals surface area contributed by atoms with Crippen molar-refractivity contribution >= 4 is 21.4 Å². The van der Waals surface area contributed by atoms with Crippen LogP contribution in [0, 0.1) is 0 Å². The van der Waals surface area contributed by atoms with E-state index in [0.29, 0.717) is 12.6 Å². The molecule has 1 unspecified atom stereocenters. The third-order valence-corrected chi connectivity index (χ3v) is 5.32. The van der Waals surface area contributed by atoms with Crippen molar-refractivity contribution in [1.29, 1.82) is 0 Å². The molecule has 0 aromatic carbocycles. The van der Waals surface area contributed by atoms with Gasteiger partial charge >= 0.3 is 0 Å². The second-order valence-corrected chi connectivity index (χ2v) is 7.79. The molecule has 0 aliphatic heterocycles. The highest BCUT2D eigenvalue weighted by Crippen LogP contribution is 2.19. The minimum atomic E-state index is -3.51. The first kappa shape index (κ1) is 16.2. The van der Waals surface area contributed by atoms with Gasteiger partial charge in [0, 0.05) is 30.5 Å². The van der Waals surface area contributed by atoms with Gasteiger partial charge in [0.2, 0.25) is 10.0 Å². The molecule has 116 valence electrons. The third-order valence-electron chi connectivity index (χ3n) is 3.10. The van der Waals surface area contributed by atoms with Crippen LogP contribution in [0.4, 0.5) is 0 Å². The molecule has 0 amide bonds. The summed E-state index contributed by atoms with van der Waals surface area (Å²) in [6.45, 7) is 6.55. The standard InChI is InChI=1S/C14H21N3O2S2/c1-10(2)15-7-13-6-14(8-16-13)21(18,19)17-11(3)12-4-5-20-9-12/h4-6,8-11,15-17H,7H2,1-3H3. The fourth-order valence-electron chi connectivity index (χ4n) is 1.88. The maximum atomic E-state index is 12.3. The van der Waals surface area contributed by atoms with E-state index in [-0.39, 0.29) is 10.9 Å². The number of hydrogen-bond donors (Lipinski definition) is 3. The second kappa shape index (κ2) is 6.74. The Morgan fingerprint density at radius 3 is 2.71 bits per heavy atom. The number of rotatable bonds is 7. The van der Waals surface area contributed by atoms with Gasteiger partial charge in [-0.15, -0.1) is 0 Å². The lowest BCUT2D eigenvalue weighted by Gasteiger charge is -2.12. The maximum Gasteiger partial charge on any atom is 0.242 e. The molecule has 0 aliphatic rings. The van der Waals surface area contributed by atoms with Gasteiger partial charge < -0.3 is 10.3 Å². The first-order chi connectivity index (χ1) is 9.88. The molecule has 2 aromatic heterocycles. The quantitative estimate of drug-likeness (QED) is 0.732. The fraction of sp³-hybridized carbons (Fsp3) is 0.429. The summed E-state index contributed by atoms with van der Waals surface area (Å²) in [6, 6.07) is 3.70. The van der Waals surface area contributed by atoms with Crippen molar-refractivity contribution in [3.8, 4) is 0 Å². The van der Waals surface area contributed by atoms with E-state index in [1.807, 2.05) is 37.6 Å². The minimum absolute atomic E-state index is 0.242. The Morgan fingerprint density at radius 2 is 2.10 bits per heavy atom. The molecule has 0 bridgehead atoms. The van der Waals surface area contributed by atoms with Crippen molar-refractivity contribution < 1.29 is 8.42 Å². The molecule has 5 nitrogen and oxygen atoms in total. The molecular weight excluding hydrogens is 306 g/mol. The lowest BCUT2D eigenvalue weighted by molar-refractivity contribution is 0.567. The van der Waals surface area contributed by atoms with E-state index in [1.165, 1.54) is 6.20 Å². The summed E-state index contributed by atoms with van der Waals surface area (Å²) in [4.78, 5) is 3.26. The highest BCUT2D eigenvalue weighted by molar-refractivity contribution is 7.89. The van der Waals surface area contributed by atoms with Crippen molar-refractivity contribution in [2.24, 2.45) is 0 Å². The van der Waals surface area contributed by atoms with Crippen LogP contribution in [0.2, 0.25) is 0 Å². The van der Waals surface area contributed by atoms with Crippen LogP contribution in [-0.4, -0.2) is 19.4 Å². The maximum absolute atomic E-state index is 12.3. The molecule has 3 N–H and O–H groups in total. The third kappa shape index (κ3) is 4.41. The molecule has 2 rings (SSSR count). The van der Waals surface area contributed by atoms with Crippen LogP contribution in [0.15, 0.2) is 34.0 Å². The number of aromatic amines is 1. The summed E-state index contributed by atoms with van der Waals surface area (Å²) in [7, 11) is -3.51. The molecule has 2 heterocycles. The monoisotopic (exact) mass is 327 g/mol. The Labute approximate surface area is 129 Å². The van der Waals surface area contributed by atoms with Gasteiger partial charge in [0.25, 0.3) is 0 Å². The van der Waals surface area contributed by atoms with Crippen LogP contribution in [0.3, 0.4) is 0 Å². The number of sulfonamides is 1. The highest BCUT2D eigenvalue weighted by atomic mass is 32.2. The molecule has 0 saturated heterocycles. The molecule has 0 fully saturated rings. The predicted molar refractivity (Wildman–Crippen MR) is 85.8 cm³/mol. The minimum Gasteiger partial charge on any atom is -0.363 e. The average Bonchev–Trinajstić information content (AvgIpc) is 3.07. The largest absolute Gasteiger partial charge is 0.363 e. The van der Waals surface area contributed by atoms with Crippen LogP contribution in [0.5, 0.6) is 0 Å². The lowest BCUT2D eigenvalue weighted by atomic mass is 10.2. The van der Waals surface area contributed by atoms with E-state index in [0.717, 1.165) is 11.3 Å². The Bertz CT molecular complexity index is 660. The van der Waals surface area contributed by atoms with Crippen LogP contribution in [0.1, 0.15) is 38.1 Å². The summed E-state index contributed by atoms with van der Waals surface area (Å²) in [5.41, 5.74) is 1.83. The van der Waals surface area contributed by atoms with E-state index in [9.17, 15) is 8.42 Å². The summed E-state index contributed by atoms with van der Waals surface area (Å²) in [5, 5.41) is 7.13. The topological polar surface area (TPSA) is 74.0 Å². The SMILES string of the molecule is CC(C)NCc1cc(S(=O)(=O)NC(C)c2ccsc2)c[nH]1. The van der Waals surface area contributed by atoms with E-state index >= 15 is 0 Å². The van der Waals surface area contributed by atoms with E-state index < -0.39 is 10.0 Å². The van der Waals surface area contributed by atoms with Crippen molar-refractivity contribution in [3.05, 3.63) is 40.3 Å². The van der Waals surface area contributed by atoms with Crippen molar-refractivity contribution in [3.63, 3.8) is 0 Å². The Morgan fingerprint density at radius 1 is 1.33 bits per heavy atom. The van der Waals surface area contributed by atoms with Gasteiger partial charge in [-0.3, -0.25) is 0 Å². The van der Waals surface area contributed by atoms with Crippen LogP contribution < -0.4 is 10.0 Å². The van der Waals surface area contributed by atoms with Gasteiger partial charge in [-0.25, -0.2) is 13.1 Å². The normalized spacial score (nSPS) is 13.7. The van der Waals surface area contributed by atoms with Crippen LogP contribution in [0.25, 0.3) is 0 Å². The molecule has 0 aliphatic carbocycles. The number of nitrogens with one attached hydrogen (secondary N) is 3. The summed E-state index contributed by atoms with van der Waals surface area (Å²) < 4.78 is 27.4.